The van der Waals surface area contributed by atoms with Gasteiger partial charge in [0.1, 0.15) is 10.2 Å². The maximum absolute atomic E-state index is 12.5. The van der Waals surface area contributed by atoms with E-state index in [1.807, 2.05) is 38.1 Å². The Balaban J connectivity index is 1.86. The van der Waals surface area contributed by atoms with Crippen molar-refractivity contribution in [1.82, 2.24) is 15.3 Å². The van der Waals surface area contributed by atoms with Crippen LogP contribution in [0.25, 0.3) is 11.0 Å². The number of fused-ring (bicyclic) bond motifs is 1. The summed E-state index contributed by atoms with van der Waals surface area (Å²) in [5, 5.41) is 3.05. The molecule has 1 aliphatic carbocycles. The predicted molar refractivity (Wildman–Crippen MR) is 89.0 cm³/mol. The molecule has 22 heavy (non-hydrogen) atoms. The van der Waals surface area contributed by atoms with E-state index in [4.69, 9.17) is 23.2 Å². The zero-order valence-corrected chi connectivity index (χ0v) is 14.3. The van der Waals surface area contributed by atoms with E-state index in [-0.39, 0.29) is 17.9 Å². The second-order valence-electron chi connectivity index (χ2n) is 6.55. The maximum atomic E-state index is 12.5. The van der Waals surface area contributed by atoms with Crippen LogP contribution >= 0.6 is 23.2 Å². The lowest BCUT2D eigenvalue weighted by Crippen LogP contribution is -2.38. The first-order valence-electron chi connectivity index (χ1n) is 7.38. The Kier molecular flexibility index (Phi) is 3.65. The van der Waals surface area contributed by atoms with E-state index in [9.17, 15) is 4.79 Å². The van der Waals surface area contributed by atoms with Gasteiger partial charge in [-0.3, -0.25) is 4.79 Å². The van der Waals surface area contributed by atoms with E-state index in [1.54, 1.807) is 6.92 Å². The number of carbonyl (C=O) groups is 1. The van der Waals surface area contributed by atoms with Gasteiger partial charge >= 0.3 is 0 Å². The number of hydrogen-bond acceptors (Lipinski definition) is 2. The minimum absolute atomic E-state index is 0.128. The molecule has 0 spiro atoms. The molecule has 2 N–H and O–H groups in total. The van der Waals surface area contributed by atoms with E-state index in [1.165, 1.54) is 0 Å². The Hall–Kier alpha value is -1.26. The van der Waals surface area contributed by atoms with Crippen molar-refractivity contribution in [3.05, 3.63) is 30.1 Å². The number of nitrogens with one attached hydrogen (secondary N) is 2. The largest absolute Gasteiger partial charge is 0.345 e. The van der Waals surface area contributed by atoms with Gasteiger partial charge in [-0.25, -0.2) is 4.98 Å². The monoisotopic (exact) mass is 339 g/mol. The van der Waals surface area contributed by atoms with Crippen LogP contribution in [0.3, 0.4) is 0 Å². The van der Waals surface area contributed by atoms with Gasteiger partial charge < -0.3 is 10.3 Å². The van der Waals surface area contributed by atoms with Crippen LogP contribution in [-0.4, -0.2) is 20.2 Å². The fourth-order valence-electron chi connectivity index (χ4n) is 2.62. The van der Waals surface area contributed by atoms with Crippen molar-refractivity contribution in [3.8, 4) is 0 Å². The summed E-state index contributed by atoms with van der Waals surface area (Å²) in [5.74, 6) is 0.812. The maximum Gasteiger partial charge on any atom is 0.229 e. The zero-order valence-electron chi connectivity index (χ0n) is 12.8. The quantitative estimate of drug-likeness (QED) is 0.828. The third-order valence-corrected chi connectivity index (χ3v) is 5.52. The van der Waals surface area contributed by atoms with E-state index < -0.39 is 9.75 Å². The topological polar surface area (TPSA) is 57.8 Å². The van der Waals surface area contributed by atoms with Crippen LogP contribution in [0.1, 0.15) is 39.1 Å². The molecule has 2 aromatic rings. The van der Waals surface area contributed by atoms with Crippen molar-refractivity contribution in [2.45, 2.75) is 37.6 Å². The molecule has 1 aromatic heterocycles. The van der Waals surface area contributed by atoms with E-state index in [0.29, 0.717) is 6.42 Å². The van der Waals surface area contributed by atoms with E-state index in [2.05, 4.69) is 15.3 Å². The first-order chi connectivity index (χ1) is 10.2. The van der Waals surface area contributed by atoms with Gasteiger partial charge in [0.05, 0.1) is 22.5 Å². The Morgan fingerprint density at radius 2 is 2.00 bits per heavy atom. The minimum atomic E-state index is -0.966. The molecule has 1 amide bonds. The van der Waals surface area contributed by atoms with Crippen LogP contribution in [0.2, 0.25) is 0 Å². The van der Waals surface area contributed by atoms with Crippen molar-refractivity contribution in [1.29, 1.82) is 0 Å². The lowest BCUT2D eigenvalue weighted by atomic mass is 10.0. The number of alkyl halides is 2. The highest BCUT2D eigenvalue weighted by molar-refractivity contribution is 6.53. The fourth-order valence-corrected chi connectivity index (χ4v) is 3.32. The van der Waals surface area contributed by atoms with Gasteiger partial charge in [0.15, 0.2) is 0 Å². The Bertz CT molecular complexity index is 692. The third kappa shape index (κ3) is 2.48. The van der Waals surface area contributed by atoms with E-state index >= 15 is 0 Å². The molecule has 2 unspecified atom stereocenters. The van der Waals surface area contributed by atoms with Crippen LogP contribution in [0.5, 0.6) is 0 Å². The summed E-state index contributed by atoms with van der Waals surface area (Å²) in [6.07, 6.45) is 0.472. The summed E-state index contributed by atoms with van der Waals surface area (Å²) in [5.41, 5.74) is 1.12. The molecule has 1 aliphatic rings. The van der Waals surface area contributed by atoms with Gasteiger partial charge in [0.2, 0.25) is 5.91 Å². The molecule has 2 atom stereocenters. The summed E-state index contributed by atoms with van der Waals surface area (Å²) < 4.78 is -0.966. The number of imidazole rings is 1. The average molecular weight is 340 g/mol. The van der Waals surface area contributed by atoms with Crippen molar-refractivity contribution >= 4 is 40.1 Å². The molecule has 1 fully saturated rings. The number of para-hydroxylation sites is 2. The van der Waals surface area contributed by atoms with Crippen LogP contribution in [0.15, 0.2) is 24.3 Å². The fraction of sp³-hybridized carbons (Fsp3) is 0.500. The number of amides is 1. The number of rotatable bonds is 4. The molecule has 6 heteroatoms. The van der Waals surface area contributed by atoms with Crippen molar-refractivity contribution in [3.63, 3.8) is 0 Å². The van der Waals surface area contributed by atoms with Crippen LogP contribution in [0.4, 0.5) is 0 Å². The minimum Gasteiger partial charge on any atom is -0.345 e. The SMILES string of the molecule is CC(C)C(NC(=O)C1(C)CC1(Cl)Cl)c1nc2ccccc2[nH]1. The second-order valence-corrected chi connectivity index (χ2v) is 8.03. The third-order valence-electron chi connectivity index (χ3n) is 4.41. The summed E-state index contributed by atoms with van der Waals surface area (Å²) in [7, 11) is 0. The number of hydrogen-bond donors (Lipinski definition) is 2. The summed E-state index contributed by atoms with van der Waals surface area (Å²) in [6.45, 7) is 5.88. The molecular formula is C16H19Cl2N3O. The van der Waals surface area contributed by atoms with Crippen LogP contribution in [-0.2, 0) is 4.79 Å². The highest BCUT2D eigenvalue weighted by Gasteiger charge is 2.68. The Morgan fingerprint density at radius 3 is 2.55 bits per heavy atom. The molecule has 118 valence electrons. The first-order valence-corrected chi connectivity index (χ1v) is 8.14. The molecular weight excluding hydrogens is 321 g/mol. The summed E-state index contributed by atoms with van der Waals surface area (Å²) in [4.78, 5) is 20.4. The Labute approximate surface area is 139 Å². The summed E-state index contributed by atoms with van der Waals surface area (Å²) in [6, 6.07) is 7.60. The average Bonchev–Trinajstić information content (AvgIpc) is 2.82. The van der Waals surface area contributed by atoms with Gasteiger partial charge in [0.25, 0.3) is 0 Å². The lowest BCUT2D eigenvalue weighted by molar-refractivity contribution is -0.127. The van der Waals surface area contributed by atoms with Gasteiger partial charge in [-0.2, -0.15) is 0 Å². The normalized spacial score (nSPS) is 24.5. The number of halogens is 2. The predicted octanol–water partition coefficient (Wildman–Crippen LogP) is 3.96. The van der Waals surface area contributed by atoms with Crippen molar-refractivity contribution in [2.24, 2.45) is 11.3 Å². The molecule has 4 nitrogen and oxygen atoms in total. The summed E-state index contributed by atoms with van der Waals surface area (Å²) >= 11 is 12.2. The Morgan fingerprint density at radius 1 is 1.36 bits per heavy atom. The number of carbonyl (C=O) groups excluding carboxylic acids is 1. The standard InChI is InChI=1S/C16H19Cl2N3O/c1-9(2)12(21-14(22)15(3)8-16(15,17)18)13-19-10-6-4-5-7-11(10)20-13/h4-7,9,12H,8H2,1-3H3,(H,19,20)(H,21,22). The number of aromatic amines is 1. The zero-order chi connectivity index (χ0) is 16.1. The number of nitrogens with zero attached hydrogens (tertiary/aromatic N) is 1. The second kappa shape index (κ2) is 5.14. The lowest BCUT2D eigenvalue weighted by Gasteiger charge is -2.23. The molecule has 0 bridgehead atoms. The van der Waals surface area contributed by atoms with Gasteiger partial charge in [0, 0.05) is 0 Å². The molecule has 0 radical (unpaired) electrons. The molecule has 3 rings (SSSR count). The van der Waals surface area contributed by atoms with Gasteiger partial charge in [-0.1, -0.05) is 26.0 Å². The van der Waals surface area contributed by atoms with Gasteiger partial charge in [-0.05, 0) is 31.4 Å². The van der Waals surface area contributed by atoms with Crippen molar-refractivity contribution in [2.75, 3.05) is 0 Å². The van der Waals surface area contributed by atoms with Crippen LogP contribution < -0.4 is 5.32 Å². The molecule has 0 aliphatic heterocycles. The highest BCUT2D eigenvalue weighted by atomic mass is 35.5. The molecule has 1 heterocycles. The molecule has 1 aromatic carbocycles. The highest BCUT2D eigenvalue weighted by Crippen LogP contribution is 2.64. The molecule has 1 saturated carbocycles. The van der Waals surface area contributed by atoms with Crippen LogP contribution in [0, 0.1) is 11.3 Å². The number of H-pyrrole nitrogens is 1. The number of benzene rings is 1. The van der Waals surface area contributed by atoms with Gasteiger partial charge in [-0.15, -0.1) is 23.2 Å². The van der Waals surface area contributed by atoms with E-state index in [0.717, 1.165) is 16.9 Å². The number of aromatic nitrogens is 2. The van der Waals surface area contributed by atoms with Crippen molar-refractivity contribution < 1.29 is 4.79 Å². The first kappa shape index (κ1) is 15.6. The smallest absolute Gasteiger partial charge is 0.229 e. The molecule has 0 saturated heterocycles.